The highest BCUT2D eigenvalue weighted by Crippen LogP contribution is 2.29. The SMILES string of the molecule is COC(=O)COC1COC2C(NC(=O)c3ccc(N(C)C)cc3)COC12. The number of fused-ring (bicyclic) bond motifs is 1. The van der Waals surface area contributed by atoms with Crippen LogP contribution in [0.2, 0.25) is 0 Å². The summed E-state index contributed by atoms with van der Waals surface area (Å²) in [5.74, 6) is -0.621. The zero-order valence-corrected chi connectivity index (χ0v) is 15.1. The number of hydrogen-bond acceptors (Lipinski definition) is 7. The van der Waals surface area contributed by atoms with E-state index >= 15 is 0 Å². The van der Waals surface area contributed by atoms with Crippen LogP contribution in [0.1, 0.15) is 10.4 Å². The van der Waals surface area contributed by atoms with Crippen LogP contribution in [0, 0.1) is 0 Å². The molecule has 4 unspecified atom stereocenters. The Kier molecular flexibility index (Phi) is 5.75. The highest BCUT2D eigenvalue weighted by molar-refractivity contribution is 5.94. The maximum Gasteiger partial charge on any atom is 0.331 e. The predicted molar refractivity (Wildman–Crippen MR) is 93.3 cm³/mol. The van der Waals surface area contributed by atoms with Gasteiger partial charge in [0.1, 0.15) is 24.9 Å². The molecule has 8 nitrogen and oxygen atoms in total. The second kappa shape index (κ2) is 8.03. The summed E-state index contributed by atoms with van der Waals surface area (Å²) in [6.45, 7) is 0.511. The van der Waals surface area contributed by atoms with Crippen molar-refractivity contribution in [3.05, 3.63) is 29.8 Å². The summed E-state index contributed by atoms with van der Waals surface area (Å²) in [4.78, 5) is 25.7. The number of hydrogen-bond donors (Lipinski definition) is 1. The Labute approximate surface area is 152 Å². The van der Waals surface area contributed by atoms with E-state index in [1.807, 2.05) is 31.1 Å². The van der Waals surface area contributed by atoms with E-state index in [0.717, 1.165) is 5.69 Å². The third-order valence-corrected chi connectivity index (χ3v) is 4.61. The molecule has 0 bridgehead atoms. The molecule has 3 rings (SSSR count). The molecule has 2 fully saturated rings. The van der Waals surface area contributed by atoms with Crippen molar-refractivity contribution in [3.8, 4) is 0 Å². The third-order valence-electron chi connectivity index (χ3n) is 4.61. The van der Waals surface area contributed by atoms with Gasteiger partial charge in [0.25, 0.3) is 5.91 Å². The van der Waals surface area contributed by atoms with Crippen LogP contribution in [0.25, 0.3) is 0 Å². The first-order chi connectivity index (χ1) is 12.5. The Morgan fingerprint density at radius 1 is 1.15 bits per heavy atom. The second-order valence-corrected chi connectivity index (χ2v) is 6.54. The van der Waals surface area contributed by atoms with E-state index < -0.39 is 5.97 Å². The molecular weight excluding hydrogens is 340 g/mol. The predicted octanol–water partition coefficient (Wildman–Crippen LogP) is 0.207. The highest BCUT2D eigenvalue weighted by atomic mass is 16.6. The third kappa shape index (κ3) is 3.98. The lowest BCUT2D eigenvalue weighted by Gasteiger charge is -2.18. The van der Waals surface area contributed by atoms with Crippen LogP contribution in [-0.2, 0) is 23.7 Å². The summed E-state index contributed by atoms with van der Waals surface area (Å²) in [7, 11) is 5.20. The minimum Gasteiger partial charge on any atom is -0.467 e. The number of methoxy groups -OCH3 is 1. The summed E-state index contributed by atoms with van der Waals surface area (Å²) >= 11 is 0. The number of anilines is 1. The highest BCUT2D eigenvalue weighted by Gasteiger charge is 2.49. The maximum absolute atomic E-state index is 12.5. The average Bonchev–Trinajstić information content (AvgIpc) is 3.22. The van der Waals surface area contributed by atoms with Gasteiger partial charge in [0, 0.05) is 25.3 Å². The van der Waals surface area contributed by atoms with Crippen LogP contribution in [0.5, 0.6) is 0 Å². The molecule has 8 heteroatoms. The van der Waals surface area contributed by atoms with Crippen LogP contribution in [0.3, 0.4) is 0 Å². The molecule has 0 saturated carbocycles. The van der Waals surface area contributed by atoms with Crippen molar-refractivity contribution < 1.29 is 28.5 Å². The lowest BCUT2D eigenvalue weighted by molar-refractivity contribution is -0.150. The summed E-state index contributed by atoms with van der Waals surface area (Å²) in [6.07, 6.45) is -0.941. The first kappa shape index (κ1) is 18.6. The monoisotopic (exact) mass is 364 g/mol. The molecule has 1 N–H and O–H groups in total. The first-order valence-corrected chi connectivity index (χ1v) is 8.49. The number of amides is 1. The zero-order valence-electron chi connectivity index (χ0n) is 15.1. The van der Waals surface area contributed by atoms with E-state index in [0.29, 0.717) is 18.8 Å². The van der Waals surface area contributed by atoms with Gasteiger partial charge in [-0.3, -0.25) is 4.79 Å². The van der Waals surface area contributed by atoms with Crippen molar-refractivity contribution >= 4 is 17.6 Å². The topological polar surface area (TPSA) is 86.3 Å². The molecular formula is C18H24N2O6. The second-order valence-electron chi connectivity index (χ2n) is 6.54. The van der Waals surface area contributed by atoms with Gasteiger partial charge >= 0.3 is 5.97 Å². The molecule has 26 heavy (non-hydrogen) atoms. The Morgan fingerprint density at radius 2 is 1.85 bits per heavy atom. The molecule has 0 aliphatic carbocycles. The minimum atomic E-state index is -0.447. The molecule has 2 aliphatic heterocycles. The zero-order chi connectivity index (χ0) is 18.7. The number of benzene rings is 1. The van der Waals surface area contributed by atoms with Gasteiger partial charge in [-0.05, 0) is 24.3 Å². The number of rotatable bonds is 6. The fourth-order valence-electron chi connectivity index (χ4n) is 3.13. The van der Waals surface area contributed by atoms with Crippen molar-refractivity contribution in [1.29, 1.82) is 0 Å². The molecule has 0 spiro atoms. The van der Waals surface area contributed by atoms with E-state index in [1.165, 1.54) is 7.11 Å². The molecule has 0 radical (unpaired) electrons. The molecule has 2 heterocycles. The van der Waals surface area contributed by atoms with Gasteiger partial charge < -0.3 is 29.2 Å². The quantitative estimate of drug-likeness (QED) is 0.722. The van der Waals surface area contributed by atoms with Crippen LogP contribution < -0.4 is 10.2 Å². The number of nitrogens with one attached hydrogen (secondary N) is 1. The van der Waals surface area contributed by atoms with Gasteiger partial charge in [0.2, 0.25) is 0 Å². The maximum atomic E-state index is 12.5. The van der Waals surface area contributed by atoms with E-state index in [-0.39, 0.29) is 36.9 Å². The molecule has 2 aliphatic rings. The average molecular weight is 364 g/mol. The molecule has 2 saturated heterocycles. The largest absolute Gasteiger partial charge is 0.467 e. The number of nitrogens with zero attached hydrogens (tertiary/aromatic N) is 1. The molecule has 4 atom stereocenters. The van der Waals surface area contributed by atoms with Gasteiger partial charge in [-0.15, -0.1) is 0 Å². The van der Waals surface area contributed by atoms with Crippen LogP contribution >= 0.6 is 0 Å². The van der Waals surface area contributed by atoms with Crippen LogP contribution in [0.15, 0.2) is 24.3 Å². The number of carbonyl (C=O) groups is 2. The lowest BCUT2D eigenvalue weighted by Crippen LogP contribution is -2.44. The van der Waals surface area contributed by atoms with Crippen molar-refractivity contribution in [2.45, 2.75) is 24.4 Å². The minimum absolute atomic E-state index is 0.146. The first-order valence-electron chi connectivity index (χ1n) is 8.49. The molecule has 1 amide bonds. The standard InChI is InChI=1S/C18H24N2O6/c1-20(2)12-6-4-11(5-7-12)18(22)19-13-8-25-17-14(9-26-16(13)17)24-10-15(21)23-3/h4-7,13-14,16-17H,8-10H2,1-3H3,(H,19,22). The van der Waals surface area contributed by atoms with Gasteiger partial charge in [-0.25, -0.2) is 4.79 Å². The summed E-state index contributed by atoms with van der Waals surface area (Å²) < 4.78 is 21.5. The van der Waals surface area contributed by atoms with Gasteiger partial charge in [-0.1, -0.05) is 0 Å². The van der Waals surface area contributed by atoms with Crippen molar-refractivity contribution in [3.63, 3.8) is 0 Å². The van der Waals surface area contributed by atoms with E-state index in [4.69, 9.17) is 14.2 Å². The Bertz CT molecular complexity index is 648. The number of carbonyl (C=O) groups excluding carboxylic acids is 2. The smallest absolute Gasteiger partial charge is 0.331 e. The van der Waals surface area contributed by atoms with E-state index in [1.54, 1.807) is 12.1 Å². The van der Waals surface area contributed by atoms with E-state index in [9.17, 15) is 9.59 Å². The Balaban J connectivity index is 1.55. The lowest BCUT2D eigenvalue weighted by atomic mass is 10.1. The van der Waals surface area contributed by atoms with E-state index in [2.05, 4.69) is 10.1 Å². The fourth-order valence-corrected chi connectivity index (χ4v) is 3.13. The molecule has 1 aromatic carbocycles. The Morgan fingerprint density at radius 3 is 2.50 bits per heavy atom. The van der Waals surface area contributed by atoms with Crippen molar-refractivity contribution in [1.82, 2.24) is 5.32 Å². The van der Waals surface area contributed by atoms with Crippen molar-refractivity contribution in [2.24, 2.45) is 0 Å². The normalized spacial score (nSPS) is 27.0. The fraction of sp³-hybridized carbons (Fsp3) is 0.556. The number of ether oxygens (including phenoxy) is 4. The van der Waals surface area contributed by atoms with Gasteiger partial charge in [0.05, 0.1) is 26.4 Å². The Hall–Kier alpha value is -2.16. The van der Waals surface area contributed by atoms with Crippen LogP contribution in [0.4, 0.5) is 5.69 Å². The summed E-state index contributed by atoms with van der Waals surface area (Å²) in [6, 6.07) is 7.11. The molecule has 0 aromatic heterocycles. The number of esters is 1. The van der Waals surface area contributed by atoms with Gasteiger partial charge in [-0.2, -0.15) is 0 Å². The summed E-state index contributed by atoms with van der Waals surface area (Å²) in [5, 5.41) is 2.96. The van der Waals surface area contributed by atoms with Gasteiger partial charge in [0.15, 0.2) is 0 Å². The van der Waals surface area contributed by atoms with Crippen LogP contribution in [-0.4, -0.2) is 77.3 Å². The summed E-state index contributed by atoms with van der Waals surface area (Å²) in [5.41, 5.74) is 1.60. The van der Waals surface area contributed by atoms with Crippen molar-refractivity contribution in [2.75, 3.05) is 45.9 Å². The molecule has 1 aromatic rings. The molecule has 142 valence electrons.